The average Bonchev–Trinajstić information content (AvgIpc) is 2.82. The minimum Gasteiger partial charge on any atom is -0.379 e. The molecule has 1 saturated heterocycles. The van der Waals surface area contributed by atoms with Crippen LogP contribution in [0.4, 0.5) is 11.4 Å². The standard InChI is InChI=1S/C12H16ClN3O2/c13-9-3-4-12(16(17)18)11(8-9)15-7-5-10-2-1-6-14-10/h3-4,8,10,14-15H,1-2,5-7H2/t10-/m1/s1. The highest BCUT2D eigenvalue weighted by Crippen LogP contribution is 2.27. The molecule has 2 N–H and O–H groups in total. The van der Waals surface area contributed by atoms with Crippen LogP contribution in [0.25, 0.3) is 0 Å². The quantitative estimate of drug-likeness (QED) is 0.637. The first-order valence-electron chi connectivity index (χ1n) is 6.08. The molecule has 1 aliphatic heterocycles. The zero-order valence-electron chi connectivity index (χ0n) is 9.99. The SMILES string of the molecule is O=[N+]([O-])c1ccc(Cl)cc1NCC[C@H]1CCCN1. The number of rotatable bonds is 5. The van der Waals surface area contributed by atoms with Gasteiger partial charge in [0, 0.05) is 23.7 Å². The molecule has 1 aromatic rings. The molecule has 0 aromatic heterocycles. The third-order valence-corrected chi connectivity index (χ3v) is 3.36. The number of halogens is 1. The Hall–Kier alpha value is -1.33. The topological polar surface area (TPSA) is 67.2 Å². The molecule has 18 heavy (non-hydrogen) atoms. The van der Waals surface area contributed by atoms with E-state index in [9.17, 15) is 10.1 Å². The van der Waals surface area contributed by atoms with Gasteiger partial charge in [-0.1, -0.05) is 11.6 Å². The van der Waals surface area contributed by atoms with Crippen molar-refractivity contribution in [3.05, 3.63) is 33.3 Å². The molecule has 1 aromatic carbocycles. The van der Waals surface area contributed by atoms with Crippen LogP contribution in [0.15, 0.2) is 18.2 Å². The summed E-state index contributed by atoms with van der Waals surface area (Å²) < 4.78 is 0. The molecule has 0 unspecified atom stereocenters. The van der Waals surface area contributed by atoms with Gasteiger partial charge in [-0.05, 0) is 37.9 Å². The Morgan fingerprint density at radius 2 is 2.39 bits per heavy atom. The molecule has 1 aliphatic rings. The third-order valence-electron chi connectivity index (χ3n) is 3.13. The van der Waals surface area contributed by atoms with Crippen LogP contribution in [0.5, 0.6) is 0 Å². The molecule has 1 atom stereocenters. The van der Waals surface area contributed by atoms with Crippen LogP contribution < -0.4 is 10.6 Å². The molecule has 0 amide bonds. The van der Waals surface area contributed by atoms with Gasteiger partial charge < -0.3 is 10.6 Å². The monoisotopic (exact) mass is 269 g/mol. The lowest BCUT2D eigenvalue weighted by Gasteiger charge is -2.11. The highest BCUT2D eigenvalue weighted by atomic mass is 35.5. The lowest BCUT2D eigenvalue weighted by Crippen LogP contribution is -2.24. The molecule has 98 valence electrons. The van der Waals surface area contributed by atoms with Gasteiger partial charge in [-0.2, -0.15) is 0 Å². The van der Waals surface area contributed by atoms with Gasteiger partial charge in [0.1, 0.15) is 5.69 Å². The summed E-state index contributed by atoms with van der Waals surface area (Å²) in [5.41, 5.74) is 0.560. The predicted molar refractivity (Wildman–Crippen MR) is 72.2 cm³/mol. The maximum Gasteiger partial charge on any atom is 0.292 e. The number of nitro benzene ring substituents is 1. The van der Waals surface area contributed by atoms with Crippen molar-refractivity contribution in [2.75, 3.05) is 18.4 Å². The van der Waals surface area contributed by atoms with E-state index in [0.717, 1.165) is 13.0 Å². The number of nitrogens with one attached hydrogen (secondary N) is 2. The van der Waals surface area contributed by atoms with Crippen molar-refractivity contribution < 1.29 is 4.92 Å². The molecular formula is C12H16ClN3O2. The minimum atomic E-state index is -0.396. The fraction of sp³-hybridized carbons (Fsp3) is 0.500. The Morgan fingerprint density at radius 1 is 1.56 bits per heavy atom. The first kappa shape index (κ1) is 13.1. The van der Waals surface area contributed by atoms with E-state index in [1.807, 2.05) is 0 Å². The van der Waals surface area contributed by atoms with E-state index in [1.165, 1.54) is 25.0 Å². The normalized spacial score (nSPS) is 18.8. The van der Waals surface area contributed by atoms with Crippen molar-refractivity contribution in [2.24, 2.45) is 0 Å². The van der Waals surface area contributed by atoms with E-state index in [2.05, 4.69) is 10.6 Å². The van der Waals surface area contributed by atoms with Crippen LogP contribution in [-0.2, 0) is 0 Å². The highest BCUT2D eigenvalue weighted by Gasteiger charge is 2.16. The van der Waals surface area contributed by atoms with Gasteiger partial charge in [0.2, 0.25) is 0 Å². The zero-order chi connectivity index (χ0) is 13.0. The minimum absolute atomic E-state index is 0.0683. The van der Waals surface area contributed by atoms with Crippen LogP contribution in [0, 0.1) is 10.1 Å². The summed E-state index contributed by atoms with van der Waals surface area (Å²) in [7, 11) is 0. The molecule has 0 radical (unpaired) electrons. The molecule has 2 rings (SSSR count). The van der Waals surface area contributed by atoms with Crippen molar-refractivity contribution in [1.82, 2.24) is 5.32 Å². The van der Waals surface area contributed by atoms with Crippen molar-refractivity contribution >= 4 is 23.0 Å². The summed E-state index contributed by atoms with van der Waals surface area (Å²) in [6.07, 6.45) is 3.35. The Balaban J connectivity index is 1.94. The average molecular weight is 270 g/mol. The summed E-state index contributed by atoms with van der Waals surface area (Å²) in [6, 6.07) is 5.08. The zero-order valence-corrected chi connectivity index (χ0v) is 10.7. The fourth-order valence-corrected chi connectivity index (χ4v) is 2.37. The number of nitro groups is 1. The van der Waals surface area contributed by atoms with Gasteiger partial charge in [0.15, 0.2) is 0 Å². The molecule has 1 heterocycles. The molecule has 0 aliphatic carbocycles. The molecule has 0 bridgehead atoms. The maximum atomic E-state index is 10.9. The number of anilines is 1. The lowest BCUT2D eigenvalue weighted by atomic mass is 10.1. The summed E-state index contributed by atoms with van der Waals surface area (Å²) in [5.74, 6) is 0. The second-order valence-electron chi connectivity index (χ2n) is 4.43. The van der Waals surface area contributed by atoms with Gasteiger partial charge in [-0.15, -0.1) is 0 Å². The van der Waals surface area contributed by atoms with Crippen LogP contribution in [0.1, 0.15) is 19.3 Å². The number of hydrogen-bond donors (Lipinski definition) is 2. The maximum absolute atomic E-state index is 10.9. The molecule has 0 spiro atoms. The predicted octanol–water partition coefficient (Wildman–Crippen LogP) is 2.80. The Bertz CT molecular complexity index is 433. The number of benzene rings is 1. The lowest BCUT2D eigenvalue weighted by molar-refractivity contribution is -0.384. The van der Waals surface area contributed by atoms with Gasteiger partial charge in [0.25, 0.3) is 5.69 Å². The van der Waals surface area contributed by atoms with E-state index in [4.69, 9.17) is 11.6 Å². The molecule has 0 saturated carbocycles. The van der Waals surface area contributed by atoms with Crippen LogP contribution in [0.2, 0.25) is 5.02 Å². The number of nitrogens with zero attached hydrogens (tertiary/aromatic N) is 1. The van der Waals surface area contributed by atoms with Crippen LogP contribution >= 0.6 is 11.6 Å². The Labute approximate surface area is 111 Å². The first-order valence-corrected chi connectivity index (χ1v) is 6.46. The summed E-state index contributed by atoms with van der Waals surface area (Å²) in [4.78, 5) is 10.5. The first-order chi connectivity index (χ1) is 8.66. The van der Waals surface area contributed by atoms with Crippen molar-refractivity contribution in [1.29, 1.82) is 0 Å². The fourth-order valence-electron chi connectivity index (χ4n) is 2.19. The van der Waals surface area contributed by atoms with Crippen LogP contribution in [0.3, 0.4) is 0 Å². The van der Waals surface area contributed by atoms with Gasteiger partial charge in [-0.25, -0.2) is 0 Å². The Kier molecular flexibility index (Phi) is 4.38. The van der Waals surface area contributed by atoms with E-state index in [1.54, 1.807) is 6.07 Å². The highest BCUT2D eigenvalue weighted by molar-refractivity contribution is 6.31. The van der Waals surface area contributed by atoms with Crippen LogP contribution in [-0.4, -0.2) is 24.1 Å². The van der Waals surface area contributed by atoms with E-state index in [0.29, 0.717) is 23.3 Å². The van der Waals surface area contributed by atoms with Gasteiger partial charge in [0.05, 0.1) is 4.92 Å². The van der Waals surface area contributed by atoms with Crippen molar-refractivity contribution in [3.8, 4) is 0 Å². The molecule has 5 nitrogen and oxygen atoms in total. The van der Waals surface area contributed by atoms with Crippen molar-refractivity contribution in [3.63, 3.8) is 0 Å². The number of hydrogen-bond acceptors (Lipinski definition) is 4. The summed E-state index contributed by atoms with van der Waals surface area (Å²) in [6.45, 7) is 1.78. The second kappa shape index (κ2) is 6.02. The smallest absolute Gasteiger partial charge is 0.292 e. The van der Waals surface area contributed by atoms with E-state index in [-0.39, 0.29) is 5.69 Å². The van der Waals surface area contributed by atoms with E-state index >= 15 is 0 Å². The summed E-state index contributed by atoms with van der Waals surface area (Å²) in [5, 5.41) is 17.9. The third kappa shape index (κ3) is 3.34. The molecule has 6 heteroatoms. The second-order valence-corrected chi connectivity index (χ2v) is 4.86. The van der Waals surface area contributed by atoms with Gasteiger partial charge in [-0.3, -0.25) is 10.1 Å². The van der Waals surface area contributed by atoms with Crippen molar-refractivity contribution in [2.45, 2.75) is 25.3 Å². The van der Waals surface area contributed by atoms with Gasteiger partial charge >= 0.3 is 0 Å². The van der Waals surface area contributed by atoms with E-state index < -0.39 is 4.92 Å². The Morgan fingerprint density at radius 3 is 3.06 bits per heavy atom. The summed E-state index contributed by atoms with van der Waals surface area (Å²) >= 11 is 5.85. The molecule has 1 fully saturated rings. The largest absolute Gasteiger partial charge is 0.379 e. The molecular weight excluding hydrogens is 254 g/mol.